The Morgan fingerprint density at radius 1 is 1.12 bits per heavy atom. The summed E-state index contributed by atoms with van der Waals surface area (Å²) in [6.07, 6.45) is 10.1. The Morgan fingerprint density at radius 3 is 2.62 bits per heavy atom. The number of rotatable bonds is 5. The number of benzene rings is 1. The summed E-state index contributed by atoms with van der Waals surface area (Å²) in [5.41, 5.74) is 1.25. The topological polar surface area (TPSA) is 9.23 Å². The number of ether oxygens (including phenoxy) is 1. The van der Waals surface area contributed by atoms with Gasteiger partial charge in [0.15, 0.2) is 0 Å². The van der Waals surface area contributed by atoms with Crippen molar-refractivity contribution in [3.63, 3.8) is 0 Å². The lowest BCUT2D eigenvalue weighted by Gasteiger charge is -2.02. The summed E-state index contributed by atoms with van der Waals surface area (Å²) < 4.78 is 5.59. The van der Waals surface area contributed by atoms with E-state index in [1.165, 1.54) is 31.2 Å². The van der Waals surface area contributed by atoms with Gasteiger partial charge in [0.2, 0.25) is 0 Å². The zero-order chi connectivity index (χ0) is 11.1. The third-order valence-electron chi connectivity index (χ3n) is 3.13. The molecule has 0 atom stereocenters. The van der Waals surface area contributed by atoms with Crippen molar-refractivity contribution >= 4 is 0 Å². The Bertz CT molecular complexity index is 309. The predicted molar refractivity (Wildman–Crippen MR) is 67.2 cm³/mol. The first-order chi connectivity index (χ1) is 7.95. The molecule has 2 rings (SSSR count). The fourth-order valence-electron chi connectivity index (χ4n) is 2.22. The molecule has 1 aliphatic rings. The van der Waals surface area contributed by atoms with E-state index >= 15 is 0 Å². The van der Waals surface area contributed by atoms with Gasteiger partial charge in [-0.1, -0.05) is 55.3 Å². The van der Waals surface area contributed by atoms with Gasteiger partial charge >= 0.3 is 0 Å². The second kappa shape index (κ2) is 6.49. The third-order valence-corrected chi connectivity index (χ3v) is 3.13. The van der Waals surface area contributed by atoms with Gasteiger partial charge in [0.1, 0.15) is 0 Å². The molecule has 0 radical (unpaired) electrons. The van der Waals surface area contributed by atoms with Crippen molar-refractivity contribution in [1.29, 1.82) is 0 Å². The summed E-state index contributed by atoms with van der Waals surface area (Å²) >= 11 is 0. The maximum Gasteiger partial charge on any atom is 0.0721 e. The highest BCUT2D eigenvalue weighted by Crippen LogP contribution is 2.25. The second-order valence-corrected chi connectivity index (χ2v) is 4.47. The Kier molecular flexibility index (Phi) is 4.63. The van der Waals surface area contributed by atoms with Crippen molar-refractivity contribution in [1.82, 2.24) is 0 Å². The number of hydrogen-bond acceptors (Lipinski definition) is 1. The van der Waals surface area contributed by atoms with Crippen LogP contribution in [0.25, 0.3) is 0 Å². The predicted octanol–water partition coefficient (Wildman–Crippen LogP) is 3.95. The van der Waals surface area contributed by atoms with Gasteiger partial charge in [-0.2, -0.15) is 0 Å². The van der Waals surface area contributed by atoms with Gasteiger partial charge in [0, 0.05) is 0 Å². The van der Waals surface area contributed by atoms with Gasteiger partial charge in [-0.3, -0.25) is 0 Å². The second-order valence-electron chi connectivity index (χ2n) is 4.47. The van der Waals surface area contributed by atoms with E-state index in [2.05, 4.69) is 24.3 Å². The molecule has 0 unspecified atom stereocenters. The highest BCUT2D eigenvalue weighted by Gasteiger charge is 2.10. The Morgan fingerprint density at radius 2 is 1.88 bits per heavy atom. The van der Waals surface area contributed by atoms with E-state index in [1.807, 2.05) is 18.2 Å². The average molecular weight is 216 g/mol. The van der Waals surface area contributed by atoms with Crippen LogP contribution in [0.2, 0.25) is 0 Å². The van der Waals surface area contributed by atoms with Gasteiger partial charge in [0.05, 0.1) is 13.2 Å². The zero-order valence-electron chi connectivity index (χ0n) is 9.77. The standard InChI is InChI=1S/C15H20O/c1-2-9-15(10-3-1)13-16-12-6-11-14-7-4-5-8-14/h1-3,6,9-11,14H,4-5,7-8,12-13H2/b11-6+. The molecule has 0 heterocycles. The third kappa shape index (κ3) is 3.82. The summed E-state index contributed by atoms with van der Waals surface area (Å²) in [4.78, 5) is 0. The van der Waals surface area contributed by atoms with Crippen molar-refractivity contribution in [3.05, 3.63) is 48.0 Å². The normalized spacial score (nSPS) is 17.2. The lowest BCUT2D eigenvalue weighted by Crippen LogP contribution is -1.93. The average Bonchev–Trinajstić information content (AvgIpc) is 2.83. The van der Waals surface area contributed by atoms with Crippen LogP contribution in [0.5, 0.6) is 0 Å². The molecular weight excluding hydrogens is 196 g/mol. The van der Waals surface area contributed by atoms with Gasteiger partial charge in [-0.25, -0.2) is 0 Å². The highest BCUT2D eigenvalue weighted by atomic mass is 16.5. The molecule has 0 spiro atoms. The summed E-state index contributed by atoms with van der Waals surface area (Å²) in [6.45, 7) is 1.46. The maximum absolute atomic E-state index is 5.59. The quantitative estimate of drug-likeness (QED) is 0.535. The van der Waals surface area contributed by atoms with E-state index in [0.717, 1.165) is 19.1 Å². The molecule has 0 N–H and O–H groups in total. The monoisotopic (exact) mass is 216 g/mol. The molecule has 1 aliphatic carbocycles. The summed E-state index contributed by atoms with van der Waals surface area (Å²) in [5.74, 6) is 0.820. The molecule has 16 heavy (non-hydrogen) atoms. The van der Waals surface area contributed by atoms with Crippen LogP contribution in [0.3, 0.4) is 0 Å². The van der Waals surface area contributed by atoms with E-state index in [0.29, 0.717) is 0 Å². The molecule has 0 aliphatic heterocycles. The van der Waals surface area contributed by atoms with Gasteiger partial charge in [-0.05, 0) is 24.3 Å². The Hall–Kier alpha value is -1.08. The van der Waals surface area contributed by atoms with Crippen LogP contribution in [0.1, 0.15) is 31.2 Å². The van der Waals surface area contributed by atoms with Crippen LogP contribution in [0, 0.1) is 5.92 Å². The summed E-state index contributed by atoms with van der Waals surface area (Å²) in [5, 5.41) is 0. The van der Waals surface area contributed by atoms with Crippen molar-refractivity contribution in [2.24, 2.45) is 5.92 Å². The molecule has 86 valence electrons. The van der Waals surface area contributed by atoms with Crippen molar-refractivity contribution in [2.45, 2.75) is 32.3 Å². The molecular formula is C15H20O. The van der Waals surface area contributed by atoms with Crippen LogP contribution in [0.4, 0.5) is 0 Å². The minimum absolute atomic E-state index is 0.718. The van der Waals surface area contributed by atoms with E-state index in [1.54, 1.807) is 0 Å². The fourth-order valence-corrected chi connectivity index (χ4v) is 2.22. The van der Waals surface area contributed by atoms with Crippen LogP contribution in [0.15, 0.2) is 42.5 Å². The Labute approximate surface area is 98.1 Å². The molecule has 1 nitrogen and oxygen atoms in total. The molecule has 1 saturated carbocycles. The van der Waals surface area contributed by atoms with Gasteiger partial charge in [-0.15, -0.1) is 0 Å². The van der Waals surface area contributed by atoms with Gasteiger partial charge < -0.3 is 4.74 Å². The first-order valence-electron chi connectivity index (χ1n) is 6.23. The van der Waals surface area contributed by atoms with E-state index < -0.39 is 0 Å². The number of hydrogen-bond donors (Lipinski definition) is 0. The molecule has 1 heteroatoms. The van der Waals surface area contributed by atoms with Crippen molar-refractivity contribution < 1.29 is 4.74 Å². The Balaban J connectivity index is 1.61. The first kappa shape index (κ1) is 11.4. The highest BCUT2D eigenvalue weighted by molar-refractivity contribution is 5.13. The smallest absolute Gasteiger partial charge is 0.0721 e. The molecule has 1 aromatic carbocycles. The fraction of sp³-hybridized carbons (Fsp3) is 0.467. The minimum Gasteiger partial charge on any atom is -0.373 e. The number of allylic oxidation sites excluding steroid dienone is 1. The molecule has 0 amide bonds. The lowest BCUT2D eigenvalue weighted by molar-refractivity contribution is 0.148. The molecule has 1 fully saturated rings. The summed E-state index contributed by atoms with van der Waals surface area (Å²) in [6, 6.07) is 10.3. The lowest BCUT2D eigenvalue weighted by atomic mass is 10.1. The van der Waals surface area contributed by atoms with Crippen LogP contribution in [-0.2, 0) is 11.3 Å². The van der Waals surface area contributed by atoms with Crippen LogP contribution >= 0.6 is 0 Å². The van der Waals surface area contributed by atoms with Crippen LogP contribution in [-0.4, -0.2) is 6.61 Å². The van der Waals surface area contributed by atoms with Crippen molar-refractivity contribution in [3.8, 4) is 0 Å². The van der Waals surface area contributed by atoms with Gasteiger partial charge in [0.25, 0.3) is 0 Å². The first-order valence-corrected chi connectivity index (χ1v) is 6.23. The molecule has 0 bridgehead atoms. The zero-order valence-corrected chi connectivity index (χ0v) is 9.77. The molecule has 1 aromatic rings. The maximum atomic E-state index is 5.59. The minimum atomic E-state index is 0.718. The van der Waals surface area contributed by atoms with E-state index in [9.17, 15) is 0 Å². The van der Waals surface area contributed by atoms with E-state index in [4.69, 9.17) is 4.74 Å². The largest absolute Gasteiger partial charge is 0.373 e. The molecule has 0 aromatic heterocycles. The summed E-state index contributed by atoms with van der Waals surface area (Å²) in [7, 11) is 0. The van der Waals surface area contributed by atoms with Crippen molar-refractivity contribution in [2.75, 3.05) is 6.61 Å². The molecule has 0 saturated heterocycles. The van der Waals surface area contributed by atoms with E-state index in [-0.39, 0.29) is 0 Å². The van der Waals surface area contributed by atoms with Crippen LogP contribution < -0.4 is 0 Å². The SMILES string of the molecule is C(=C\C1CCCC1)/COCc1ccccc1.